The summed E-state index contributed by atoms with van der Waals surface area (Å²) in [6.45, 7) is 2.29. The van der Waals surface area contributed by atoms with E-state index in [0.29, 0.717) is 0 Å². The van der Waals surface area contributed by atoms with Crippen LogP contribution in [0.4, 0.5) is 10.1 Å². The topological polar surface area (TPSA) is 41.6 Å². The van der Waals surface area contributed by atoms with Crippen molar-refractivity contribution in [1.29, 1.82) is 0 Å². The Labute approximate surface area is 146 Å². The Bertz CT molecular complexity index is 735. The van der Waals surface area contributed by atoms with Gasteiger partial charge in [0.2, 0.25) is 5.91 Å². The van der Waals surface area contributed by atoms with E-state index in [4.69, 9.17) is 4.74 Å². The quantitative estimate of drug-likeness (QED) is 0.930. The van der Waals surface area contributed by atoms with Gasteiger partial charge in [-0.3, -0.25) is 9.69 Å². The fourth-order valence-electron chi connectivity index (χ4n) is 3.75. The minimum Gasteiger partial charge on any atom is -0.371 e. The third kappa shape index (κ3) is 3.72. The number of nitrogens with zero attached hydrogens (tertiary/aromatic N) is 1. The van der Waals surface area contributed by atoms with Gasteiger partial charge in [-0.05, 0) is 36.2 Å². The minimum atomic E-state index is -0.219. The molecule has 3 unspecified atom stereocenters. The van der Waals surface area contributed by atoms with Gasteiger partial charge in [0.05, 0.1) is 18.1 Å². The minimum absolute atomic E-state index is 0.0299. The van der Waals surface area contributed by atoms with E-state index >= 15 is 0 Å². The smallest absolute Gasteiger partial charge is 0.230 e. The fourth-order valence-corrected chi connectivity index (χ4v) is 3.75. The molecule has 130 valence electrons. The van der Waals surface area contributed by atoms with Gasteiger partial charge in [-0.1, -0.05) is 30.3 Å². The van der Waals surface area contributed by atoms with E-state index in [1.165, 1.54) is 12.1 Å². The molecule has 3 atom stereocenters. The van der Waals surface area contributed by atoms with Crippen molar-refractivity contribution in [2.75, 3.05) is 18.4 Å². The first-order valence-electron chi connectivity index (χ1n) is 8.65. The molecule has 0 spiro atoms. The van der Waals surface area contributed by atoms with Gasteiger partial charge in [-0.25, -0.2) is 4.39 Å². The molecular weight excluding hydrogens is 319 g/mol. The summed E-state index contributed by atoms with van der Waals surface area (Å²) in [5.74, 6) is -0.311. The number of anilines is 1. The highest BCUT2D eigenvalue weighted by Gasteiger charge is 2.44. The Kier molecular flexibility index (Phi) is 4.51. The summed E-state index contributed by atoms with van der Waals surface area (Å²) in [6, 6.07) is 16.1. The highest BCUT2D eigenvalue weighted by molar-refractivity contribution is 5.93. The van der Waals surface area contributed by atoms with Gasteiger partial charge in [0.15, 0.2) is 0 Å². The SMILES string of the molecule is O=C(Nc1ccccc1)C1CC2CN(Cc3ccc(F)cc3)CC1O2. The Morgan fingerprint density at radius 2 is 1.88 bits per heavy atom. The first kappa shape index (κ1) is 16.2. The van der Waals surface area contributed by atoms with Crippen LogP contribution in [-0.4, -0.2) is 36.1 Å². The Morgan fingerprint density at radius 1 is 1.12 bits per heavy atom. The van der Waals surface area contributed by atoms with Crippen molar-refractivity contribution in [3.05, 3.63) is 66.0 Å². The van der Waals surface area contributed by atoms with Crippen LogP contribution >= 0.6 is 0 Å². The number of nitrogens with one attached hydrogen (secondary N) is 1. The number of amides is 1. The zero-order valence-electron chi connectivity index (χ0n) is 13.9. The lowest BCUT2D eigenvalue weighted by atomic mass is 9.99. The van der Waals surface area contributed by atoms with Gasteiger partial charge in [0.25, 0.3) is 0 Å². The number of morpholine rings is 1. The normalized spacial score (nSPS) is 25.7. The lowest BCUT2D eigenvalue weighted by Crippen LogP contribution is -2.44. The zero-order valence-corrected chi connectivity index (χ0v) is 13.9. The Balaban J connectivity index is 1.38. The number of ether oxygens (including phenoxy) is 1. The summed E-state index contributed by atoms with van der Waals surface area (Å²) in [4.78, 5) is 14.9. The van der Waals surface area contributed by atoms with E-state index in [9.17, 15) is 9.18 Å². The maximum absolute atomic E-state index is 13.0. The van der Waals surface area contributed by atoms with Crippen LogP contribution in [0.5, 0.6) is 0 Å². The molecule has 2 aliphatic heterocycles. The standard InChI is InChI=1S/C20H21FN2O2/c21-15-8-6-14(7-9-15)11-23-12-17-10-18(19(13-23)25-17)20(24)22-16-4-2-1-3-5-16/h1-9,17-19H,10-13H2,(H,22,24). The molecule has 4 rings (SSSR count). The van der Waals surface area contributed by atoms with Crippen LogP contribution in [0.15, 0.2) is 54.6 Å². The number of rotatable bonds is 4. The second-order valence-corrected chi connectivity index (χ2v) is 6.81. The second-order valence-electron chi connectivity index (χ2n) is 6.81. The van der Waals surface area contributed by atoms with Crippen LogP contribution in [0.2, 0.25) is 0 Å². The summed E-state index contributed by atoms with van der Waals surface area (Å²) in [6.07, 6.45) is 0.761. The van der Waals surface area contributed by atoms with Crippen LogP contribution in [0.1, 0.15) is 12.0 Å². The molecule has 2 bridgehead atoms. The lowest BCUT2D eigenvalue weighted by molar-refractivity contribution is -0.123. The molecule has 25 heavy (non-hydrogen) atoms. The number of hydrogen-bond acceptors (Lipinski definition) is 3. The molecule has 2 heterocycles. The van der Waals surface area contributed by atoms with Crippen molar-refractivity contribution in [3.8, 4) is 0 Å². The third-order valence-electron chi connectivity index (χ3n) is 4.93. The molecule has 0 aliphatic carbocycles. The second kappa shape index (κ2) is 6.94. The van der Waals surface area contributed by atoms with Crippen molar-refractivity contribution in [2.45, 2.75) is 25.2 Å². The lowest BCUT2D eigenvalue weighted by Gasteiger charge is -2.32. The molecule has 2 saturated heterocycles. The third-order valence-corrected chi connectivity index (χ3v) is 4.93. The Hall–Kier alpha value is -2.24. The summed E-state index contributed by atoms with van der Waals surface area (Å²) >= 11 is 0. The van der Waals surface area contributed by atoms with E-state index in [1.807, 2.05) is 42.5 Å². The van der Waals surface area contributed by atoms with Crippen LogP contribution in [0, 0.1) is 11.7 Å². The van der Waals surface area contributed by atoms with E-state index in [1.54, 1.807) is 0 Å². The number of benzene rings is 2. The van der Waals surface area contributed by atoms with E-state index in [0.717, 1.165) is 37.3 Å². The fraction of sp³-hybridized carbons (Fsp3) is 0.350. The molecule has 5 heteroatoms. The molecule has 0 aromatic heterocycles. The average Bonchev–Trinajstić information content (AvgIpc) is 2.92. The number of fused-ring (bicyclic) bond motifs is 2. The predicted molar refractivity (Wildman–Crippen MR) is 93.5 cm³/mol. The Morgan fingerprint density at radius 3 is 2.64 bits per heavy atom. The molecule has 4 nitrogen and oxygen atoms in total. The first-order chi connectivity index (χ1) is 12.2. The van der Waals surface area contributed by atoms with Crippen molar-refractivity contribution in [1.82, 2.24) is 4.90 Å². The summed E-state index contributed by atoms with van der Waals surface area (Å²) in [7, 11) is 0. The first-order valence-corrected chi connectivity index (χ1v) is 8.65. The monoisotopic (exact) mass is 340 g/mol. The molecule has 0 saturated carbocycles. The molecule has 2 aliphatic rings. The predicted octanol–water partition coefficient (Wildman–Crippen LogP) is 3.05. The highest BCUT2D eigenvalue weighted by atomic mass is 19.1. The molecule has 1 amide bonds. The van der Waals surface area contributed by atoms with Crippen molar-refractivity contribution < 1.29 is 13.9 Å². The summed E-state index contributed by atoms with van der Waals surface area (Å²) in [5, 5.41) is 2.99. The van der Waals surface area contributed by atoms with E-state index in [-0.39, 0.29) is 29.9 Å². The van der Waals surface area contributed by atoms with Gasteiger partial charge in [0.1, 0.15) is 5.82 Å². The van der Waals surface area contributed by atoms with Crippen molar-refractivity contribution in [2.24, 2.45) is 5.92 Å². The number of carbonyl (C=O) groups excluding carboxylic acids is 1. The number of para-hydroxylation sites is 1. The van der Waals surface area contributed by atoms with Crippen molar-refractivity contribution >= 4 is 11.6 Å². The summed E-state index contributed by atoms with van der Waals surface area (Å²) < 4.78 is 19.0. The highest BCUT2D eigenvalue weighted by Crippen LogP contribution is 2.33. The van der Waals surface area contributed by atoms with Gasteiger partial charge < -0.3 is 10.1 Å². The van der Waals surface area contributed by atoms with E-state index < -0.39 is 0 Å². The van der Waals surface area contributed by atoms with Crippen LogP contribution < -0.4 is 5.32 Å². The van der Waals surface area contributed by atoms with Gasteiger partial charge in [-0.15, -0.1) is 0 Å². The zero-order chi connectivity index (χ0) is 17.2. The van der Waals surface area contributed by atoms with Crippen LogP contribution in [0.3, 0.4) is 0 Å². The molecule has 0 radical (unpaired) electrons. The van der Waals surface area contributed by atoms with Crippen LogP contribution in [-0.2, 0) is 16.1 Å². The summed E-state index contributed by atoms with van der Waals surface area (Å²) in [5.41, 5.74) is 1.89. The van der Waals surface area contributed by atoms with Crippen LogP contribution in [0.25, 0.3) is 0 Å². The van der Waals surface area contributed by atoms with Gasteiger partial charge >= 0.3 is 0 Å². The molecule has 2 fully saturated rings. The van der Waals surface area contributed by atoms with Crippen molar-refractivity contribution in [3.63, 3.8) is 0 Å². The molecule has 1 N–H and O–H groups in total. The molecule has 2 aromatic carbocycles. The average molecular weight is 340 g/mol. The number of halogens is 1. The largest absolute Gasteiger partial charge is 0.371 e. The molecular formula is C20H21FN2O2. The molecule has 2 aromatic rings. The van der Waals surface area contributed by atoms with Gasteiger partial charge in [0, 0.05) is 25.3 Å². The number of carbonyl (C=O) groups is 1. The number of likely N-dealkylation sites (tertiary alicyclic amines) is 1. The van der Waals surface area contributed by atoms with Gasteiger partial charge in [-0.2, -0.15) is 0 Å². The van der Waals surface area contributed by atoms with E-state index in [2.05, 4.69) is 10.2 Å². The maximum Gasteiger partial charge on any atom is 0.230 e. The number of hydrogen-bond donors (Lipinski definition) is 1. The maximum atomic E-state index is 13.0.